The third kappa shape index (κ3) is 6.43. The molecule has 0 saturated carbocycles. The minimum absolute atomic E-state index is 0.193. The molecule has 1 aliphatic heterocycles. The van der Waals surface area contributed by atoms with Gasteiger partial charge in [0.1, 0.15) is 29.1 Å². The number of rotatable bonds is 10. The van der Waals surface area contributed by atoms with Gasteiger partial charge in [-0.2, -0.15) is 0 Å². The van der Waals surface area contributed by atoms with E-state index in [2.05, 4.69) is 5.09 Å². The average molecular weight is 620 g/mol. The second-order valence-electron chi connectivity index (χ2n) is 10.6. The quantitative estimate of drug-likeness (QED) is 0.175. The molecule has 13 nitrogen and oxygen atoms in total. The molecule has 1 aliphatic rings. The lowest BCUT2D eigenvalue weighted by molar-refractivity contribution is -0.149. The summed E-state index contributed by atoms with van der Waals surface area (Å²) in [7, 11) is -4.65. The monoisotopic (exact) mass is 619 g/mol. The van der Waals surface area contributed by atoms with Crippen LogP contribution >= 0.6 is 7.75 Å². The van der Waals surface area contributed by atoms with Gasteiger partial charge in [0.15, 0.2) is 18.0 Å². The first kappa shape index (κ1) is 30.6. The fourth-order valence-electron chi connectivity index (χ4n) is 4.91. The number of H-pyrrole nitrogens is 1. The topological polar surface area (TPSA) is 171 Å². The fourth-order valence-corrected chi connectivity index (χ4v) is 5.93. The highest BCUT2D eigenvalue weighted by atomic mass is 31.2. The standard InChI is InChI=1S/C28H31FN3O10P/c1-15(2)39-25(34)16(3)31-43(36,37)38-14-22-24(28(4,29)26(42-22)32-12-11-23(33)30-27(32)35)40-17-9-10-19-18-7-5-6-8-20(18)41-21(19)13-17/h5-13,15-16,22,24,26H,14H2,1-4H3,(H,30,33,35)(H2,31,36,37). The lowest BCUT2D eigenvalue weighted by Gasteiger charge is -2.28. The van der Waals surface area contributed by atoms with E-state index in [9.17, 15) is 23.8 Å². The van der Waals surface area contributed by atoms with Gasteiger partial charge in [0, 0.05) is 29.1 Å². The molecule has 230 valence electrons. The predicted octanol–water partition coefficient (Wildman–Crippen LogP) is 3.56. The number of esters is 1. The van der Waals surface area contributed by atoms with Crippen molar-refractivity contribution in [2.75, 3.05) is 6.61 Å². The van der Waals surface area contributed by atoms with Gasteiger partial charge >= 0.3 is 19.4 Å². The van der Waals surface area contributed by atoms with E-state index in [1.807, 2.05) is 29.2 Å². The number of aromatic nitrogens is 2. The third-order valence-corrected chi connectivity index (χ3v) is 8.09. The number of hydrogen-bond acceptors (Lipinski definition) is 9. The Bertz CT molecular complexity index is 1820. The van der Waals surface area contributed by atoms with Crippen LogP contribution in [0, 0.1) is 0 Å². The van der Waals surface area contributed by atoms with Crippen molar-refractivity contribution in [3.05, 3.63) is 75.6 Å². The Balaban J connectivity index is 1.42. The molecule has 2 aromatic heterocycles. The Hall–Kier alpha value is -3.81. The van der Waals surface area contributed by atoms with E-state index in [4.69, 9.17) is 23.2 Å². The first-order chi connectivity index (χ1) is 20.2. The highest BCUT2D eigenvalue weighted by molar-refractivity contribution is 7.50. The van der Waals surface area contributed by atoms with Crippen molar-refractivity contribution in [2.45, 2.75) is 63.9 Å². The fraction of sp³-hybridized carbons (Fsp3) is 0.393. The molecule has 15 heteroatoms. The van der Waals surface area contributed by atoms with Crippen molar-refractivity contribution in [3.63, 3.8) is 0 Å². The zero-order chi connectivity index (χ0) is 31.1. The summed E-state index contributed by atoms with van der Waals surface area (Å²) in [4.78, 5) is 48.7. The molecule has 2 aromatic carbocycles. The highest BCUT2D eigenvalue weighted by Gasteiger charge is 2.58. The average Bonchev–Trinajstić information content (AvgIpc) is 3.41. The predicted molar refractivity (Wildman–Crippen MR) is 152 cm³/mol. The maximum atomic E-state index is 16.6. The van der Waals surface area contributed by atoms with Crippen molar-refractivity contribution in [3.8, 4) is 5.75 Å². The highest BCUT2D eigenvalue weighted by Crippen LogP contribution is 2.45. The lowest BCUT2D eigenvalue weighted by atomic mass is 9.98. The maximum absolute atomic E-state index is 16.6. The van der Waals surface area contributed by atoms with Gasteiger partial charge in [0.2, 0.25) is 0 Å². The van der Waals surface area contributed by atoms with E-state index in [1.54, 1.807) is 32.0 Å². The summed E-state index contributed by atoms with van der Waals surface area (Å²) in [5.41, 5.74) is -2.93. The second-order valence-corrected chi connectivity index (χ2v) is 12.2. The van der Waals surface area contributed by atoms with Gasteiger partial charge in [-0.05, 0) is 45.9 Å². The number of para-hydroxylation sites is 1. The van der Waals surface area contributed by atoms with Crippen LogP contribution in [0.25, 0.3) is 21.9 Å². The molecule has 0 spiro atoms. The van der Waals surface area contributed by atoms with Gasteiger partial charge in [0.05, 0.1) is 12.7 Å². The van der Waals surface area contributed by atoms with Crippen LogP contribution in [0.15, 0.2) is 68.7 Å². The molecule has 1 saturated heterocycles. The van der Waals surface area contributed by atoms with Crippen LogP contribution < -0.4 is 21.1 Å². The number of furan rings is 1. The minimum atomic E-state index is -4.65. The smallest absolute Gasteiger partial charge is 0.403 e. The van der Waals surface area contributed by atoms with Gasteiger partial charge < -0.3 is 23.5 Å². The summed E-state index contributed by atoms with van der Waals surface area (Å²) in [6, 6.07) is 12.2. The second kappa shape index (κ2) is 11.7. The summed E-state index contributed by atoms with van der Waals surface area (Å²) in [5, 5.41) is 3.87. The zero-order valence-electron chi connectivity index (χ0n) is 23.7. The van der Waals surface area contributed by atoms with Crippen LogP contribution in [0.5, 0.6) is 5.75 Å². The summed E-state index contributed by atoms with van der Waals surface area (Å²) >= 11 is 0. The van der Waals surface area contributed by atoms with Crippen molar-refractivity contribution >= 4 is 35.7 Å². The molecule has 1 fully saturated rings. The largest absolute Gasteiger partial charge is 0.484 e. The number of fused-ring (bicyclic) bond motifs is 3. The molecule has 0 aliphatic carbocycles. The van der Waals surface area contributed by atoms with E-state index in [1.165, 1.54) is 6.92 Å². The minimum Gasteiger partial charge on any atom is -0.484 e. The van der Waals surface area contributed by atoms with Crippen molar-refractivity contribution < 1.29 is 41.8 Å². The van der Waals surface area contributed by atoms with Crippen LogP contribution in [0.3, 0.4) is 0 Å². The number of nitrogens with zero attached hydrogens (tertiary/aromatic N) is 1. The Labute approximate surface area is 244 Å². The summed E-state index contributed by atoms with van der Waals surface area (Å²) in [5.74, 6) is -0.583. The molecule has 3 N–H and O–H groups in total. The van der Waals surface area contributed by atoms with E-state index in [0.717, 1.165) is 34.5 Å². The molecule has 3 heterocycles. The van der Waals surface area contributed by atoms with Gasteiger partial charge in [0.25, 0.3) is 5.56 Å². The number of carbonyl (C=O) groups is 1. The summed E-state index contributed by atoms with van der Waals surface area (Å²) in [6.07, 6.45) is -3.82. The zero-order valence-corrected chi connectivity index (χ0v) is 24.6. The molecule has 6 unspecified atom stereocenters. The number of hydrogen-bond donors (Lipinski definition) is 3. The molecule has 4 aromatic rings. The van der Waals surface area contributed by atoms with Crippen molar-refractivity contribution in [2.24, 2.45) is 0 Å². The molecule has 0 bridgehead atoms. The number of halogens is 1. The Kier molecular flexibility index (Phi) is 8.34. The van der Waals surface area contributed by atoms with E-state index < -0.39 is 67.8 Å². The van der Waals surface area contributed by atoms with Gasteiger partial charge in [-0.1, -0.05) is 18.2 Å². The first-order valence-electron chi connectivity index (χ1n) is 13.4. The number of benzene rings is 2. The maximum Gasteiger partial charge on any atom is 0.403 e. The Morgan fingerprint density at radius 3 is 2.60 bits per heavy atom. The molecular weight excluding hydrogens is 588 g/mol. The van der Waals surface area contributed by atoms with Crippen molar-refractivity contribution in [1.29, 1.82) is 0 Å². The third-order valence-electron chi connectivity index (χ3n) is 6.87. The van der Waals surface area contributed by atoms with Crippen LogP contribution in [-0.2, 0) is 23.4 Å². The normalized spacial score (nSPS) is 24.3. The van der Waals surface area contributed by atoms with E-state index in [0.29, 0.717) is 11.2 Å². The van der Waals surface area contributed by atoms with Crippen LogP contribution in [-0.4, -0.2) is 57.0 Å². The Morgan fingerprint density at radius 2 is 1.88 bits per heavy atom. The number of alkyl halides is 1. The van der Waals surface area contributed by atoms with Crippen LogP contribution in [0.2, 0.25) is 0 Å². The van der Waals surface area contributed by atoms with Crippen LogP contribution in [0.4, 0.5) is 4.39 Å². The van der Waals surface area contributed by atoms with Gasteiger partial charge in [-0.25, -0.2) is 18.8 Å². The summed E-state index contributed by atoms with van der Waals surface area (Å²) < 4.78 is 58.3. The molecule has 5 rings (SSSR count). The number of aromatic amines is 1. The Morgan fingerprint density at radius 1 is 1.16 bits per heavy atom. The van der Waals surface area contributed by atoms with E-state index >= 15 is 4.39 Å². The molecule has 6 atom stereocenters. The SMILES string of the molecule is CC(C)OC(=O)C(C)NP(=O)(O)OCC1OC(n2ccc(=O)[nH]c2=O)C(C)(F)C1Oc1ccc2c(c1)oc1ccccc12. The molecule has 43 heavy (non-hydrogen) atoms. The van der Waals surface area contributed by atoms with Gasteiger partial charge in [-0.3, -0.25) is 23.7 Å². The molecular formula is C28H31FN3O10P. The number of carbonyl (C=O) groups excluding carboxylic acids is 1. The van der Waals surface area contributed by atoms with E-state index in [-0.39, 0.29) is 5.75 Å². The van der Waals surface area contributed by atoms with Gasteiger partial charge in [-0.15, -0.1) is 0 Å². The first-order valence-corrected chi connectivity index (χ1v) is 15.0. The van der Waals surface area contributed by atoms with Crippen molar-refractivity contribution in [1.82, 2.24) is 14.6 Å². The van der Waals surface area contributed by atoms with Crippen LogP contribution in [0.1, 0.15) is 33.9 Å². The molecule has 0 amide bonds. The number of ether oxygens (including phenoxy) is 3. The summed E-state index contributed by atoms with van der Waals surface area (Å²) in [6.45, 7) is 5.03. The lowest BCUT2D eigenvalue weighted by Crippen LogP contribution is -2.47. The molecule has 0 radical (unpaired) electrons. The number of nitrogens with one attached hydrogen (secondary N) is 2.